The van der Waals surface area contributed by atoms with Crippen molar-refractivity contribution in [2.24, 2.45) is 0 Å². The van der Waals surface area contributed by atoms with E-state index in [1.165, 1.54) is 0 Å². The molecule has 24 heteroatoms. The van der Waals surface area contributed by atoms with Crippen molar-refractivity contribution < 1.29 is 97.2 Å². The molecule has 0 fully saturated rings. The highest BCUT2D eigenvalue weighted by Gasteiger charge is 2.52. The van der Waals surface area contributed by atoms with Gasteiger partial charge in [0.2, 0.25) is 11.3 Å². The van der Waals surface area contributed by atoms with Gasteiger partial charge < -0.3 is 0 Å². The zero-order chi connectivity index (χ0) is 49.0. The number of fused-ring (bicyclic) bond motifs is 1. The molecule has 0 aliphatic heterocycles. The second-order valence-corrected chi connectivity index (χ2v) is 14.0. The molecule has 0 saturated carbocycles. The topological polar surface area (TPSA) is 20.9 Å². The van der Waals surface area contributed by atoms with Crippen LogP contribution < -0.4 is 26.4 Å². The third-order valence-electron chi connectivity index (χ3n) is 10.2. The Morgan fingerprint density at radius 3 is 0.985 bits per heavy atom. The van der Waals surface area contributed by atoms with Gasteiger partial charge in [-0.25, -0.2) is 87.8 Å². The zero-order valence-electron chi connectivity index (χ0n) is 31.6. The van der Waals surface area contributed by atoms with Crippen LogP contribution in [0.1, 0.15) is 16.1 Å². The van der Waals surface area contributed by atoms with Crippen molar-refractivity contribution in [2.45, 2.75) is 6.54 Å². The maximum absolute atomic E-state index is 15.4. The lowest BCUT2D eigenvalue weighted by atomic mass is 9.12. The number of carbonyl (C=O) groups is 1. The lowest BCUT2D eigenvalue weighted by Gasteiger charge is -2.44. The Hall–Kier alpha value is -6.65. The summed E-state index contributed by atoms with van der Waals surface area (Å²) in [5.41, 5.74) is -11.5. The fraction of sp³-hybridized carbons (Fsp3) is 0.0476. The number of hydrogen-bond donors (Lipinski definition) is 0. The van der Waals surface area contributed by atoms with Gasteiger partial charge in [-0.2, -0.15) is 4.57 Å². The fourth-order valence-electron chi connectivity index (χ4n) is 7.39. The highest BCUT2D eigenvalue weighted by Crippen LogP contribution is 2.31. The fourth-order valence-corrected chi connectivity index (χ4v) is 7.52. The van der Waals surface area contributed by atoms with E-state index in [0.29, 0.717) is 12.2 Å². The molecule has 0 aliphatic rings. The first-order valence-electron chi connectivity index (χ1n) is 17.8. The summed E-state index contributed by atoms with van der Waals surface area (Å²) >= 11 is 5.75. The molecule has 66 heavy (non-hydrogen) atoms. The van der Waals surface area contributed by atoms with Crippen LogP contribution in [-0.2, 0) is 6.54 Å². The average molecular weight is 976 g/mol. The van der Waals surface area contributed by atoms with E-state index in [4.69, 9.17) is 11.6 Å². The smallest absolute Gasteiger partial charge is 0.250 e. The Morgan fingerprint density at radius 2 is 0.667 bits per heavy atom. The van der Waals surface area contributed by atoms with Gasteiger partial charge in [-0.1, -0.05) is 42.5 Å². The lowest BCUT2D eigenvalue weighted by molar-refractivity contribution is -0.664. The molecule has 6 aromatic carbocycles. The first kappa shape index (κ1) is 48.8. The molecule has 0 atom stereocenters. The predicted molar refractivity (Wildman–Crippen MR) is 194 cm³/mol. The van der Waals surface area contributed by atoms with E-state index in [-0.39, 0.29) is 11.7 Å². The Labute approximate surface area is 359 Å². The minimum Gasteiger partial charge on any atom is -0.286 e. The summed E-state index contributed by atoms with van der Waals surface area (Å²) in [7, 11) is 0. The Morgan fingerprint density at radius 1 is 0.379 bits per heavy atom. The molecular formula is C42H15BClF20NO. The molecule has 1 heterocycles. The number of pyridine rings is 1. The Balaban J connectivity index is 0.000000284. The van der Waals surface area contributed by atoms with E-state index in [0.717, 1.165) is 16.5 Å². The van der Waals surface area contributed by atoms with Gasteiger partial charge in [0.05, 0.1) is 5.88 Å². The van der Waals surface area contributed by atoms with Gasteiger partial charge in [0, 0.05) is 23.1 Å². The second-order valence-electron chi connectivity index (χ2n) is 13.7. The van der Waals surface area contributed by atoms with Gasteiger partial charge in [0.25, 0.3) is 5.69 Å². The normalized spacial score (nSPS) is 11.6. The molecule has 0 N–H and O–H groups in total. The average Bonchev–Trinajstić information content (AvgIpc) is 3.31. The highest BCUT2D eigenvalue weighted by molar-refractivity contribution is 7.20. The molecule has 0 amide bonds. The van der Waals surface area contributed by atoms with E-state index in [9.17, 15) is 57.5 Å². The first-order chi connectivity index (χ1) is 31.0. The van der Waals surface area contributed by atoms with Crippen LogP contribution in [0, 0.1) is 116 Å². The van der Waals surface area contributed by atoms with Crippen LogP contribution >= 0.6 is 11.6 Å². The van der Waals surface area contributed by atoms with Gasteiger partial charge in [0.1, 0.15) is 52.7 Å². The number of carbonyl (C=O) groups excluding carboxylic acids is 1. The molecule has 0 spiro atoms. The van der Waals surface area contributed by atoms with E-state index < -0.39 is 144 Å². The van der Waals surface area contributed by atoms with Crippen LogP contribution in [0.4, 0.5) is 87.8 Å². The number of nitrogens with zero attached hydrogens (tertiary/aromatic N) is 1. The molecular weight excluding hydrogens is 961 g/mol. The van der Waals surface area contributed by atoms with E-state index >= 15 is 35.1 Å². The predicted octanol–water partition coefficient (Wildman–Crippen LogP) is 9.44. The summed E-state index contributed by atoms with van der Waals surface area (Å²) < 4.78 is 296. The number of alkyl halides is 1. The zero-order valence-corrected chi connectivity index (χ0v) is 32.4. The summed E-state index contributed by atoms with van der Waals surface area (Å²) in [6, 6.07) is 22.0. The number of halogens is 21. The molecule has 2 nitrogen and oxygen atoms in total. The SMILES string of the molecule is Fc1c(F)c(F)c([B-](c2c(F)c(F)c(F)c(F)c2F)(c2c(F)c(F)c(F)c(F)c2F)c2c(F)c(F)c(F)c(F)c2F)c(F)c1F.O=C(CCl)c1ccc2ccccc2[n+]1Cc1ccccc1. The van der Waals surface area contributed by atoms with Crippen molar-refractivity contribution in [3.63, 3.8) is 0 Å². The third-order valence-corrected chi connectivity index (χ3v) is 10.5. The molecule has 7 rings (SSSR count). The maximum Gasteiger partial charge on any atom is 0.250 e. The molecule has 7 aromatic rings. The molecule has 1 aromatic heterocycles. The monoisotopic (exact) mass is 975 g/mol. The van der Waals surface area contributed by atoms with Gasteiger partial charge in [0.15, 0.2) is 76.4 Å². The Kier molecular flexibility index (Phi) is 13.5. The van der Waals surface area contributed by atoms with Crippen molar-refractivity contribution in [3.05, 3.63) is 194 Å². The number of rotatable bonds is 8. The van der Waals surface area contributed by atoms with Crippen LogP contribution in [0.2, 0.25) is 0 Å². The molecule has 0 saturated heterocycles. The number of hydrogen-bond acceptors (Lipinski definition) is 1. The minimum atomic E-state index is -7.22. The van der Waals surface area contributed by atoms with Crippen LogP contribution in [0.25, 0.3) is 10.9 Å². The molecule has 344 valence electrons. The van der Waals surface area contributed by atoms with Crippen molar-refractivity contribution >= 4 is 56.3 Å². The van der Waals surface area contributed by atoms with Gasteiger partial charge in [-0.3, -0.25) is 4.79 Å². The number of Topliss-reactive ketones (excluding diaryl/α,β-unsaturated/α-hetero) is 1. The van der Waals surface area contributed by atoms with E-state index in [2.05, 4.69) is 12.1 Å². The minimum absolute atomic E-state index is 0.00682. The van der Waals surface area contributed by atoms with Crippen LogP contribution in [0.5, 0.6) is 0 Å². The Bertz CT molecular complexity index is 2750. The summed E-state index contributed by atoms with van der Waals surface area (Å²) in [5.74, 6) is -71.5. The van der Waals surface area contributed by atoms with Crippen LogP contribution in [0.15, 0.2) is 66.7 Å². The number of aromatic nitrogens is 1. The number of ketones is 1. The van der Waals surface area contributed by atoms with Crippen molar-refractivity contribution in [1.29, 1.82) is 0 Å². The molecule has 0 bridgehead atoms. The van der Waals surface area contributed by atoms with E-state index in [1.54, 1.807) is 0 Å². The van der Waals surface area contributed by atoms with Crippen LogP contribution in [-0.4, -0.2) is 17.8 Å². The summed E-state index contributed by atoms with van der Waals surface area (Å²) in [4.78, 5) is 12.1. The largest absolute Gasteiger partial charge is 0.286 e. The number of benzene rings is 6. The van der Waals surface area contributed by atoms with Crippen molar-refractivity contribution in [3.8, 4) is 0 Å². The van der Waals surface area contributed by atoms with Gasteiger partial charge in [-0.05, 0) is 12.1 Å². The quantitative estimate of drug-likeness (QED) is 0.0283. The lowest BCUT2D eigenvalue weighted by Crippen LogP contribution is -2.81. The first-order valence-corrected chi connectivity index (χ1v) is 18.3. The molecule has 0 aliphatic carbocycles. The standard InChI is InChI=1S/C24BF20.C18H15ClNO/c26-5-1(6(27)14(35)21(42)13(5)34)25(2-7(28)15(36)22(43)16(37)8(2)29,3-9(30)17(38)23(44)18(39)10(3)31)4-11(32)19(40)24(45)20(41)12(4)33;19-12-18(21)17-11-10-15-8-4-5-9-16(15)20(17)13-14-6-2-1-3-7-14/h;1-11H,12-13H2/q-1;+1. The maximum atomic E-state index is 15.4. The summed E-state index contributed by atoms with van der Waals surface area (Å²) in [6.45, 7) is 0.653. The van der Waals surface area contributed by atoms with Crippen molar-refractivity contribution in [2.75, 3.05) is 5.88 Å². The van der Waals surface area contributed by atoms with Gasteiger partial charge >= 0.3 is 0 Å². The third kappa shape index (κ3) is 7.55. The summed E-state index contributed by atoms with van der Waals surface area (Å²) in [5, 5.41) is 1.11. The number of para-hydroxylation sites is 1. The second kappa shape index (κ2) is 18.3. The highest BCUT2D eigenvalue weighted by atomic mass is 35.5. The van der Waals surface area contributed by atoms with E-state index in [1.807, 2.05) is 59.2 Å². The molecule has 0 radical (unpaired) electrons. The van der Waals surface area contributed by atoms with Gasteiger partial charge in [-0.15, -0.1) is 33.5 Å². The summed E-state index contributed by atoms with van der Waals surface area (Å²) in [6.07, 6.45) is -7.22. The van der Waals surface area contributed by atoms with Crippen molar-refractivity contribution in [1.82, 2.24) is 0 Å². The molecule has 0 unspecified atom stereocenters. The van der Waals surface area contributed by atoms with Crippen LogP contribution in [0.3, 0.4) is 0 Å².